The van der Waals surface area contributed by atoms with Crippen LogP contribution in [0.1, 0.15) is 22.1 Å². The second-order valence-corrected chi connectivity index (χ2v) is 3.87. The van der Waals surface area contributed by atoms with Crippen LogP contribution in [0.5, 0.6) is 0 Å². The predicted molar refractivity (Wildman–Crippen MR) is 66.8 cm³/mol. The molecule has 8 nitrogen and oxygen atoms in total. The molecule has 0 saturated heterocycles. The molecule has 0 aliphatic rings. The molecule has 0 aliphatic carbocycles. The monoisotopic (exact) mass is 263 g/mol. The number of carbonyl (C=O) groups is 1. The van der Waals surface area contributed by atoms with Gasteiger partial charge in [0, 0.05) is 19.9 Å². The predicted octanol–water partition coefficient (Wildman–Crippen LogP) is 0.708. The Kier molecular flexibility index (Phi) is 3.60. The smallest absolute Gasteiger partial charge is 0.337 e. The van der Waals surface area contributed by atoms with Gasteiger partial charge in [0.15, 0.2) is 5.82 Å². The number of nitrogens with two attached hydrogens (primary N) is 1. The molecule has 0 bridgehead atoms. The lowest BCUT2D eigenvalue weighted by atomic mass is 10.2. The van der Waals surface area contributed by atoms with Gasteiger partial charge in [-0.2, -0.15) is 4.98 Å². The Morgan fingerprint density at radius 2 is 2.37 bits per heavy atom. The molecule has 0 saturated carbocycles. The van der Waals surface area contributed by atoms with Crippen LogP contribution in [0, 0.1) is 6.92 Å². The van der Waals surface area contributed by atoms with Crippen molar-refractivity contribution in [2.24, 2.45) is 0 Å². The number of rotatable bonds is 5. The molecule has 100 valence electrons. The van der Waals surface area contributed by atoms with Gasteiger partial charge in [0.1, 0.15) is 5.82 Å². The molecule has 0 spiro atoms. The maximum absolute atomic E-state index is 10.9. The fourth-order valence-corrected chi connectivity index (χ4v) is 1.49. The van der Waals surface area contributed by atoms with Gasteiger partial charge in [0.25, 0.3) is 0 Å². The maximum atomic E-state index is 10.9. The van der Waals surface area contributed by atoms with Crippen molar-refractivity contribution in [1.29, 1.82) is 0 Å². The SMILES string of the molecule is Cc1nc(CCNc2cc(C(=O)O)c(N)cn2)no1. The number of anilines is 2. The second kappa shape index (κ2) is 5.34. The summed E-state index contributed by atoms with van der Waals surface area (Å²) in [4.78, 5) is 18.9. The molecule has 0 atom stereocenters. The first-order valence-corrected chi connectivity index (χ1v) is 5.58. The zero-order chi connectivity index (χ0) is 13.8. The van der Waals surface area contributed by atoms with Crippen LogP contribution in [0.25, 0.3) is 0 Å². The Bertz CT molecular complexity index is 596. The lowest BCUT2D eigenvalue weighted by Crippen LogP contribution is -2.10. The van der Waals surface area contributed by atoms with Crippen LogP contribution in [0.15, 0.2) is 16.8 Å². The number of pyridine rings is 1. The van der Waals surface area contributed by atoms with E-state index in [4.69, 9.17) is 15.4 Å². The fraction of sp³-hybridized carbons (Fsp3) is 0.273. The van der Waals surface area contributed by atoms with Gasteiger partial charge in [-0.15, -0.1) is 0 Å². The Balaban J connectivity index is 1.96. The lowest BCUT2D eigenvalue weighted by molar-refractivity contribution is 0.0698. The summed E-state index contributed by atoms with van der Waals surface area (Å²) in [7, 11) is 0. The van der Waals surface area contributed by atoms with Crippen LogP contribution in [0.2, 0.25) is 0 Å². The van der Waals surface area contributed by atoms with Crippen molar-refractivity contribution in [3.8, 4) is 0 Å². The van der Waals surface area contributed by atoms with Crippen LogP contribution in [-0.2, 0) is 6.42 Å². The van der Waals surface area contributed by atoms with Crippen molar-refractivity contribution in [3.63, 3.8) is 0 Å². The third-order valence-corrected chi connectivity index (χ3v) is 2.39. The van der Waals surface area contributed by atoms with Crippen molar-refractivity contribution in [2.75, 3.05) is 17.6 Å². The number of nitrogen functional groups attached to an aromatic ring is 1. The number of aryl methyl sites for hydroxylation is 1. The number of nitrogens with one attached hydrogen (secondary N) is 1. The molecule has 4 N–H and O–H groups in total. The first kappa shape index (κ1) is 12.8. The summed E-state index contributed by atoms with van der Waals surface area (Å²) in [5.41, 5.74) is 5.66. The summed E-state index contributed by atoms with van der Waals surface area (Å²) in [6, 6.07) is 1.39. The highest BCUT2D eigenvalue weighted by molar-refractivity contribution is 5.94. The molecule has 2 aromatic heterocycles. The van der Waals surface area contributed by atoms with Crippen molar-refractivity contribution in [3.05, 3.63) is 29.5 Å². The first-order chi connectivity index (χ1) is 9.06. The summed E-state index contributed by atoms with van der Waals surface area (Å²) in [6.07, 6.45) is 1.86. The zero-order valence-corrected chi connectivity index (χ0v) is 10.3. The third-order valence-electron chi connectivity index (χ3n) is 2.39. The minimum absolute atomic E-state index is 0.0212. The van der Waals surface area contributed by atoms with E-state index < -0.39 is 5.97 Å². The second-order valence-electron chi connectivity index (χ2n) is 3.87. The summed E-state index contributed by atoms with van der Waals surface area (Å²) in [5, 5.41) is 15.6. The first-order valence-electron chi connectivity index (χ1n) is 5.58. The highest BCUT2D eigenvalue weighted by atomic mass is 16.5. The van der Waals surface area contributed by atoms with E-state index in [1.165, 1.54) is 12.3 Å². The van der Waals surface area contributed by atoms with E-state index in [1.54, 1.807) is 6.92 Å². The maximum Gasteiger partial charge on any atom is 0.337 e. The molecule has 2 rings (SSSR count). The molecule has 2 heterocycles. The molecular weight excluding hydrogens is 250 g/mol. The summed E-state index contributed by atoms with van der Waals surface area (Å²) >= 11 is 0. The minimum Gasteiger partial charge on any atom is -0.478 e. The molecule has 0 aliphatic heterocycles. The molecule has 2 aromatic rings. The quantitative estimate of drug-likeness (QED) is 0.719. The Labute approximate surface area is 108 Å². The van der Waals surface area contributed by atoms with Gasteiger partial charge in [-0.05, 0) is 6.07 Å². The average Bonchev–Trinajstić information content (AvgIpc) is 2.77. The molecule has 8 heteroatoms. The van der Waals surface area contributed by atoms with E-state index in [1.807, 2.05) is 0 Å². The summed E-state index contributed by atoms with van der Waals surface area (Å²) in [5.74, 6) is 0.441. The van der Waals surface area contributed by atoms with Gasteiger partial charge in [-0.25, -0.2) is 9.78 Å². The summed E-state index contributed by atoms with van der Waals surface area (Å²) < 4.78 is 4.83. The van der Waals surface area contributed by atoms with Crippen LogP contribution in [0.3, 0.4) is 0 Å². The number of hydrogen-bond donors (Lipinski definition) is 3. The van der Waals surface area contributed by atoms with Crippen LogP contribution in [0.4, 0.5) is 11.5 Å². The zero-order valence-electron chi connectivity index (χ0n) is 10.3. The van der Waals surface area contributed by atoms with E-state index in [-0.39, 0.29) is 11.3 Å². The van der Waals surface area contributed by atoms with Crippen molar-refractivity contribution in [2.45, 2.75) is 13.3 Å². The number of carboxylic acid groups (broad SMARTS) is 1. The van der Waals surface area contributed by atoms with Gasteiger partial charge in [0.2, 0.25) is 5.89 Å². The van der Waals surface area contributed by atoms with Gasteiger partial charge in [0.05, 0.1) is 17.4 Å². The molecule has 0 amide bonds. The molecule has 0 aromatic carbocycles. The van der Waals surface area contributed by atoms with Crippen LogP contribution < -0.4 is 11.1 Å². The van der Waals surface area contributed by atoms with E-state index >= 15 is 0 Å². The Morgan fingerprint density at radius 1 is 1.58 bits per heavy atom. The number of aromatic carboxylic acids is 1. The van der Waals surface area contributed by atoms with Crippen molar-refractivity contribution >= 4 is 17.5 Å². The van der Waals surface area contributed by atoms with Gasteiger partial charge in [-0.1, -0.05) is 5.16 Å². The van der Waals surface area contributed by atoms with E-state index in [0.717, 1.165) is 0 Å². The number of nitrogens with zero attached hydrogens (tertiary/aromatic N) is 3. The van der Waals surface area contributed by atoms with E-state index in [9.17, 15) is 4.79 Å². The third kappa shape index (κ3) is 3.18. The molecule has 19 heavy (non-hydrogen) atoms. The molecule has 0 unspecified atom stereocenters. The highest BCUT2D eigenvalue weighted by Gasteiger charge is 2.09. The van der Waals surface area contributed by atoms with Gasteiger partial charge in [-0.3, -0.25) is 0 Å². The normalized spacial score (nSPS) is 10.4. The average molecular weight is 263 g/mol. The van der Waals surface area contributed by atoms with Crippen LogP contribution >= 0.6 is 0 Å². The molecule has 0 fully saturated rings. The number of hydrogen-bond acceptors (Lipinski definition) is 7. The lowest BCUT2D eigenvalue weighted by Gasteiger charge is -2.06. The molecular formula is C11H13N5O3. The minimum atomic E-state index is -1.09. The van der Waals surface area contributed by atoms with Gasteiger partial charge >= 0.3 is 5.97 Å². The fourth-order valence-electron chi connectivity index (χ4n) is 1.49. The largest absolute Gasteiger partial charge is 0.478 e. The highest BCUT2D eigenvalue weighted by Crippen LogP contribution is 2.14. The van der Waals surface area contributed by atoms with Crippen molar-refractivity contribution in [1.82, 2.24) is 15.1 Å². The number of aromatic nitrogens is 3. The summed E-state index contributed by atoms with van der Waals surface area (Å²) in [6.45, 7) is 2.22. The standard InChI is InChI=1S/C11H13N5O3/c1-6-15-9(16-19-6)2-3-13-10-4-7(11(17)18)8(12)5-14-10/h4-5H,2-3,12H2,1H3,(H,13,14)(H,17,18). The Morgan fingerprint density at radius 3 is 3.00 bits per heavy atom. The number of carboxylic acids is 1. The van der Waals surface area contributed by atoms with Crippen molar-refractivity contribution < 1.29 is 14.4 Å². The topological polar surface area (TPSA) is 127 Å². The molecule has 0 radical (unpaired) electrons. The van der Waals surface area contributed by atoms with E-state index in [0.29, 0.717) is 30.5 Å². The Hall–Kier alpha value is -2.64. The van der Waals surface area contributed by atoms with Gasteiger partial charge < -0.3 is 20.7 Å². The van der Waals surface area contributed by atoms with Crippen LogP contribution in [-0.4, -0.2) is 32.7 Å². The van der Waals surface area contributed by atoms with E-state index in [2.05, 4.69) is 20.4 Å².